The second-order valence-corrected chi connectivity index (χ2v) is 5.38. The number of methoxy groups -OCH3 is 1. The minimum atomic E-state index is -0.262. The average Bonchev–Trinajstić information content (AvgIpc) is 2.80. The van der Waals surface area contributed by atoms with E-state index in [4.69, 9.17) is 4.74 Å². The summed E-state index contributed by atoms with van der Waals surface area (Å²) in [5, 5.41) is 0. The standard InChI is InChI=1S/C15H27NO3/c1-4-6-7-8-9-13(5-2)16-11-12(10-14(16)17)15(18)19-3/h12-13H,4-11H2,1-3H3. The Kier molecular flexibility index (Phi) is 6.89. The van der Waals surface area contributed by atoms with Gasteiger partial charge in [-0.25, -0.2) is 0 Å². The van der Waals surface area contributed by atoms with Gasteiger partial charge in [-0.05, 0) is 12.8 Å². The molecule has 110 valence electrons. The molecule has 1 rings (SSSR count). The molecule has 0 spiro atoms. The highest BCUT2D eigenvalue weighted by atomic mass is 16.5. The van der Waals surface area contributed by atoms with Gasteiger partial charge in [-0.3, -0.25) is 9.59 Å². The number of unbranched alkanes of at least 4 members (excludes halogenated alkanes) is 3. The summed E-state index contributed by atoms with van der Waals surface area (Å²) in [6.07, 6.45) is 7.22. The summed E-state index contributed by atoms with van der Waals surface area (Å²) < 4.78 is 4.74. The van der Waals surface area contributed by atoms with Crippen LogP contribution in [0.2, 0.25) is 0 Å². The molecule has 0 radical (unpaired) electrons. The fourth-order valence-electron chi connectivity index (χ4n) is 2.80. The fraction of sp³-hybridized carbons (Fsp3) is 0.867. The molecule has 4 nitrogen and oxygen atoms in total. The van der Waals surface area contributed by atoms with Crippen molar-refractivity contribution in [3.63, 3.8) is 0 Å². The summed E-state index contributed by atoms with van der Waals surface area (Å²) >= 11 is 0. The normalized spacial score (nSPS) is 20.7. The second-order valence-electron chi connectivity index (χ2n) is 5.38. The number of nitrogens with zero attached hydrogens (tertiary/aromatic N) is 1. The van der Waals surface area contributed by atoms with Crippen molar-refractivity contribution in [3.05, 3.63) is 0 Å². The first-order chi connectivity index (χ1) is 9.13. The predicted molar refractivity (Wildman–Crippen MR) is 74.7 cm³/mol. The zero-order valence-corrected chi connectivity index (χ0v) is 12.5. The number of carbonyl (C=O) groups is 2. The van der Waals surface area contributed by atoms with Gasteiger partial charge in [0.1, 0.15) is 0 Å². The molecule has 2 unspecified atom stereocenters. The van der Waals surface area contributed by atoms with Crippen LogP contribution in [0.5, 0.6) is 0 Å². The van der Waals surface area contributed by atoms with Crippen LogP contribution < -0.4 is 0 Å². The van der Waals surface area contributed by atoms with Crippen LogP contribution in [0.4, 0.5) is 0 Å². The lowest BCUT2D eigenvalue weighted by atomic mass is 10.0. The van der Waals surface area contributed by atoms with Crippen LogP contribution in [0.1, 0.15) is 58.8 Å². The van der Waals surface area contributed by atoms with Gasteiger partial charge < -0.3 is 9.64 Å². The topological polar surface area (TPSA) is 46.6 Å². The van der Waals surface area contributed by atoms with E-state index in [1.54, 1.807) is 0 Å². The number of hydrogen-bond acceptors (Lipinski definition) is 3. The minimum absolute atomic E-state index is 0.109. The van der Waals surface area contributed by atoms with Gasteiger partial charge in [0.15, 0.2) is 0 Å². The Morgan fingerprint density at radius 3 is 2.68 bits per heavy atom. The first-order valence-electron chi connectivity index (χ1n) is 7.51. The lowest BCUT2D eigenvalue weighted by molar-refractivity contribution is -0.145. The summed E-state index contributed by atoms with van der Waals surface area (Å²) in [6.45, 7) is 4.85. The highest BCUT2D eigenvalue weighted by Gasteiger charge is 2.37. The Bertz CT molecular complexity index is 304. The number of ether oxygens (including phenoxy) is 1. The fourth-order valence-corrected chi connectivity index (χ4v) is 2.80. The summed E-state index contributed by atoms with van der Waals surface area (Å²) in [5.41, 5.74) is 0. The molecule has 0 bridgehead atoms. The van der Waals surface area contributed by atoms with Crippen molar-refractivity contribution in [2.75, 3.05) is 13.7 Å². The molecule has 2 atom stereocenters. The van der Waals surface area contributed by atoms with Crippen LogP contribution in [-0.2, 0) is 14.3 Å². The van der Waals surface area contributed by atoms with Crippen LogP contribution in [0.25, 0.3) is 0 Å². The summed E-state index contributed by atoms with van der Waals surface area (Å²) in [4.78, 5) is 25.4. The van der Waals surface area contributed by atoms with Gasteiger partial charge in [0, 0.05) is 19.0 Å². The SMILES string of the molecule is CCCCCCC(CC)N1CC(C(=O)OC)CC1=O. The zero-order valence-electron chi connectivity index (χ0n) is 12.5. The van der Waals surface area contributed by atoms with Crippen molar-refractivity contribution >= 4 is 11.9 Å². The Morgan fingerprint density at radius 1 is 1.37 bits per heavy atom. The summed E-state index contributed by atoms with van der Waals surface area (Å²) in [5.74, 6) is -0.406. The molecule has 1 heterocycles. The number of hydrogen-bond donors (Lipinski definition) is 0. The predicted octanol–water partition coefficient (Wildman–Crippen LogP) is 2.76. The molecule has 1 fully saturated rings. The molecule has 1 saturated heterocycles. The molecule has 0 aliphatic carbocycles. The molecule has 1 amide bonds. The van der Waals surface area contributed by atoms with Crippen LogP contribution in [0.3, 0.4) is 0 Å². The van der Waals surface area contributed by atoms with Crippen molar-refractivity contribution in [2.24, 2.45) is 5.92 Å². The number of esters is 1. The van der Waals surface area contributed by atoms with Gasteiger partial charge in [-0.1, -0.05) is 39.5 Å². The van der Waals surface area contributed by atoms with E-state index in [1.165, 1.54) is 32.8 Å². The molecule has 19 heavy (non-hydrogen) atoms. The Morgan fingerprint density at radius 2 is 2.11 bits per heavy atom. The number of carbonyl (C=O) groups excluding carboxylic acids is 2. The highest BCUT2D eigenvalue weighted by Crippen LogP contribution is 2.25. The lowest BCUT2D eigenvalue weighted by Gasteiger charge is -2.27. The second kappa shape index (κ2) is 8.18. The Hall–Kier alpha value is -1.06. The molecular weight excluding hydrogens is 242 g/mol. The minimum Gasteiger partial charge on any atom is -0.469 e. The monoisotopic (exact) mass is 269 g/mol. The number of amides is 1. The molecule has 1 aliphatic rings. The van der Waals surface area contributed by atoms with Gasteiger partial charge >= 0.3 is 5.97 Å². The van der Waals surface area contributed by atoms with E-state index in [-0.39, 0.29) is 17.8 Å². The van der Waals surface area contributed by atoms with Gasteiger partial charge in [0.25, 0.3) is 0 Å². The maximum atomic E-state index is 12.0. The third kappa shape index (κ3) is 4.51. The van der Waals surface area contributed by atoms with Crippen LogP contribution >= 0.6 is 0 Å². The molecule has 0 aromatic carbocycles. The number of rotatable bonds is 8. The molecule has 1 aliphatic heterocycles. The van der Waals surface area contributed by atoms with Gasteiger partial charge in [0.05, 0.1) is 13.0 Å². The van der Waals surface area contributed by atoms with Crippen LogP contribution in [0.15, 0.2) is 0 Å². The lowest BCUT2D eigenvalue weighted by Crippen LogP contribution is -2.36. The van der Waals surface area contributed by atoms with E-state index < -0.39 is 0 Å². The van der Waals surface area contributed by atoms with E-state index in [0.29, 0.717) is 19.0 Å². The summed E-state index contributed by atoms with van der Waals surface area (Å²) in [6, 6.07) is 0.291. The Labute approximate surface area is 116 Å². The quantitative estimate of drug-likeness (QED) is 0.503. The maximum absolute atomic E-state index is 12.0. The maximum Gasteiger partial charge on any atom is 0.310 e. The highest BCUT2D eigenvalue weighted by molar-refractivity contribution is 5.86. The number of likely N-dealkylation sites (tertiary alicyclic amines) is 1. The average molecular weight is 269 g/mol. The third-order valence-corrected chi connectivity index (χ3v) is 4.00. The van der Waals surface area contributed by atoms with E-state index in [0.717, 1.165) is 12.8 Å². The smallest absolute Gasteiger partial charge is 0.310 e. The van der Waals surface area contributed by atoms with Gasteiger partial charge in [-0.15, -0.1) is 0 Å². The summed E-state index contributed by atoms with van der Waals surface area (Å²) in [7, 11) is 1.39. The molecule has 0 aromatic heterocycles. The molecule has 0 aromatic rings. The van der Waals surface area contributed by atoms with E-state index >= 15 is 0 Å². The van der Waals surface area contributed by atoms with Crippen LogP contribution in [-0.4, -0.2) is 36.5 Å². The van der Waals surface area contributed by atoms with Crippen molar-refractivity contribution < 1.29 is 14.3 Å². The third-order valence-electron chi connectivity index (χ3n) is 4.00. The van der Waals surface area contributed by atoms with Crippen LogP contribution in [0, 0.1) is 5.92 Å². The largest absolute Gasteiger partial charge is 0.469 e. The van der Waals surface area contributed by atoms with Crippen molar-refractivity contribution in [2.45, 2.75) is 64.8 Å². The van der Waals surface area contributed by atoms with Crippen molar-refractivity contribution in [1.29, 1.82) is 0 Å². The van der Waals surface area contributed by atoms with E-state index in [2.05, 4.69) is 13.8 Å². The van der Waals surface area contributed by atoms with Crippen molar-refractivity contribution in [1.82, 2.24) is 4.90 Å². The molecule has 0 saturated carbocycles. The van der Waals surface area contributed by atoms with E-state index in [1.807, 2.05) is 4.90 Å². The van der Waals surface area contributed by atoms with E-state index in [9.17, 15) is 9.59 Å². The van der Waals surface area contributed by atoms with Crippen molar-refractivity contribution in [3.8, 4) is 0 Å². The molecule has 0 N–H and O–H groups in total. The first-order valence-corrected chi connectivity index (χ1v) is 7.51. The molecule has 4 heteroatoms. The molecular formula is C15H27NO3. The Balaban J connectivity index is 2.47. The first kappa shape index (κ1) is 16.0. The van der Waals surface area contributed by atoms with Gasteiger partial charge in [0.2, 0.25) is 5.91 Å². The zero-order chi connectivity index (χ0) is 14.3. The van der Waals surface area contributed by atoms with Gasteiger partial charge in [-0.2, -0.15) is 0 Å².